The minimum Gasteiger partial charge on any atom is -0.481 e. The molecule has 0 bridgehead atoms. The van der Waals surface area contributed by atoms with E-state index in [-0.39, 0.29) is 64.0 Å². The first-order valence-corrected chi connectivity index (χ1v) is 20.3. The van der Waals surface area contributed by atoms with E-state index in [2.05, 4.69) is 53.5 Å². The minimum absolute atomic E-state index is 0.0282. The highest BCUT2D eigenvalue weighted by atomic mass is 16.6. The van der Waals surface area contributed by atoms with Crippen molar-refractivity contribution in [2.24, 2.45) is 56.2 Å². The number of carboxylic acid groups (broad SMARTS) is 1. The summed E-state index contributed by atoms with van der Waals surface area (Å²) in [5.41, 5.74) is 1.30. The molecule has 1 N–H and O–H groups in total. The van der Waals surface area contributed by atoms with Crippen LogP contribution in [0, 0.1) is 56.2 Å². The second-order valence-electron chi connectivity index (χ2n) is 20.1. The molecule has 290 valence electrons. The molecule has 2 heterocycles. The number of ketones is 1. The van der Waals surface area contributed by atoms with E-state index in [0.717, 1.165) is 62.6 Å². The molecule has 0 aromatic carbocycles. The van der Waals surface area contributed by atoms with Gasteiger partial charge in [-0.1, -0.05) is 54.5 Å². The molecule has 9 heteroatoms. The van der Waals surface area contributed by atoms with E-state index in [1.54, 1.807) is 24.9 Å². The van der Waals surface area contributed by atoms with E-state index in [0.29, 0.717) is 31.3 Å². The lowest BCUT2D eigenvalue weighted by atomic mass is 9.33. The topological polar surface area (TPSA) is 123 Å². The van der Waals surface area contributed by atoms with E-state index < -0.39 is 22.8 Å². The summed E-state index contributed by atoms with van der Waals surface area (Å²) in [7, 11) is 0. The molecule has 4 saturated carbocycles. The van der Waals surface area contributed by atoms with Gasteiger partial charge in [0.2, 0.25) is 0 Å². The van der Waals surface area contributed by atoms with Crippen LogP contribution in [0.5, 0.6) is 0 Å². The molecule has 5 fully saturated rings. The predicted octanol–water partition coefficient (Wildman–Crippen LogP) is 8.80. The average molecular weight is 731 g/mol. The van der Waals surface area contributed by atoms with Crippen LogP contribution in [0.15, 0.2) is 35.5 Å². The molecular formula is C44H62N2O7. The van der Waals surface area contributed by atoms with Gasteiger partial charge in [-0.05, 0) is 128 Å². The van der Waals surface area contributed by atoms with Gasteiger partial charge in [-0.15, -0.1) is 0 Å². The maximum absolute atomic E-state index is 14.2. The Morgan fingerprint density at radius 1 is 0.981 bits per heavy atom. The van der Waals surface area contributed by atoms with Crippen LogP contribution in [-0.4, -0.2) is 57.6 Å². The Balaban J connectivity index is 1.17. The molecule has 7 rings (SSSR count). The SMILES string of the molecule is CC(C)C1=C2[C@H]3CC[C@@H]4[C@@]5(C)CC[C@H](OC(=O)CC(C)(C)C(=O)O)C(C)(C)[C@@H]5CC[C@@]4(C)[C@]3(C)CCC2([C@@H]2CN(Cc3ccccn3)C(=O)O2)CC1=O. The Hall–Kier alpha value is -3.23. The van der Waals surface area contributed by atoms with E-state index in [1.807, 2.05) is 18.2 Å². The van der Waals surface area contributed by atoms with Gasteiger partial charge in [0.1, 0.15) is 12.2 Å². The van der Waals surface area contributed by atoms with Crippen molar-refractivity contribution in [2.75, 3.05) is 6.54 Å². The summed E-state index contributed by atoms with van der Waals surface area (Å²) >= 11 is 0. The number of fused-ring (bicyclic) bond motifs is 7. The van der Waals surface area contributed by atoms with Gasteiger partial charge in [0.25, 0.3) is 0 Å². The number of amides is 1. The monoisotopic (exact) mass is 730 g/mol. The summed E-state index contributed by atoms with van der Waals surface area (Å²) in [6.07, 6.45) is 8.87. The Labute approximate surface area is 316 Å². The van der Waals surface area contributed by atoms with Gasteiger partial charge >= 0.3 is 18.0 Å². The van der Waals surface area contributed by atoms with Crippen LogP contribution >= 0.6 is 0 Å². The number of cyclic esters (lactones) is 1. The molecule has 6 aliphatic rings. The van der Waals surface area contributed by atoms with Crippen LogP contribution in [0.2, 0.25) is 0 Å². The van der Waals surface area contributed by atoms with Gasteiger partial charge in [-0.3, -0.25) is 24.3 Å². The van der Waals surface area contributed by atoms with Crippen molar-refractivity contribution in [2.45, 2.75) is 145 Å². The summed E-state index contributed by atoms with van der Waals surface area (Å²) < 4.78 is 12.5. The molecule has 1 unspecified atom stereocenters. The fraction of sp³-hybridized carbons (Fsp3) is 0.750. The first kappa shape index (κ1) is 38.1. The van der Waals surface area contributed by atoms with Gasteiger partial charge in [0, 0.05) is 23.4 Å². The number of nitrogens with zero attached hydrogens (tertiary/aromatic N) is 2. The van der Waals surface area contributed by atoms with E-state index in [1.165, 1.54) is 5.57 Å². The normalized spacial score (nSPS) is 39.2. The fourth-order valence-electron chi connectivity index (χ4n) is 13.5. The average Bonchev–Trinajstić information content (AvgIpc) is 3.59. The second-order valence-corrected chi connectivity index (χ2v) is 20.1. The van der Waals surface area contributed by atoms with Crippen molar-refractivity contribution in [1.82, 2.24) is 9.88 Å². The molecule has 1 aromatic heterocycles. The number of allylic oxidation sites excluding steroid dienone is 1. The maximum Gasteiger partial charge on any atom is 0.410 e. The lowest BCUT2D eigenvalue weighted by Crippen LogP contribution is -2.66. The third-order valence-corrected chi connectivity index (χ3v) is 16.4. The zero-order valence-electron chi connectivity index (χ0n) is 33.5. The molecule has 9 atom stereocenters. The standard InChI is InChI=1S/C44H62N2O7/c1-26(2)35-29(47)22-44(33-25-46(38(51)53-33)24-27-12-10-11-21-45-27)20-19-42(8)28(36(35)44)13-14-31-41(7)17-16-32(52-34(48)23-39(3,4)37(49)50)40(5,6)30(41)15-18-43(31,42)9/h10-12,21,26,28,30-33H,13-20,22-25H2,1-9H3,(H,49,50)/t28-,30+,31-,32+,33+,41+,42-,43-,44?/m1/s1. The summed E-state index contributed by atoms with van der Waals surface area (Å²) in [6.45, 7) is 20.5. The van der Waals surface area contributed by atoms with Gasteiger partial charge in [0.15, 0.2) is 5.78 Å². The first-order valence-electron chi connectivity index (χ1n) is 20.3. The Morgan fingerprint density at radius 3 is 2.38 bits per heavy atom. The van der Waals surface area contributed by atoms with Crippen LogP contribution in [-0.2, 0) is 30.4 Å². The minimum atomic E-state index is -1.17. The smallest absolute Gasteiger partial charge is 0.410 e. The lowest BCUT2D eigenvalue weighted by molar-refractivity contribution is -0.234. The number of aliphatic carboxylic acids is 1. The number of carbonyl (C=O) groups excluding carboxylic acids is 3. The highest BCUT2D eigenvalue weighted by molar-refractivity contribution is 6.01. The third kappa shape index (κ3) is 5.62. The van der Waals surface area contributed by atoms with Gasteiger partial charge in [-0.2, -0.15) is 0 Å². The summed E-state index contributed by atoms with van der Waals surface area (Å²) in [6, 6.07) is 5.74. The predicted molar refractivity (Wildman–Crippen MR) is 200 cm³/mol. The molecule has 9 nitrogen and oxygen atoms in total. The van der Waals surface area contributed by atoms with E-state index in [9.17, 15) is 24.3 Å². The van der Waals surface area contributed by atoms with Crippen molar-refractivity contribution in [3.63, 3.8) is 0 Å². The van der Waals surface area contributed by atoms with Crippen molar-refractivity contribution < 1.29 is 33.8 Å². The van der Waals surface area contributed by atoms with Gasteiger partial charge in [0.05, 0.1) is 30.6 Å². The van der Waals surface area contributed by atoms with Crippen molar-refractivity contribution in [3.8, 4) is 0 Å². The number of hydrogen-bond donors (Lipinski definition) is 1. The number of aromatic nitrogens is 1. The number of Topliss-reactive ketones (excluding diaryl/α,β-unsaturated/α-hetero) is 1. The van der Waals surface area contributed by atoms with Crippen LogP contribution in [0.1, 0.15) is 132 Å². The Morgan fingerprint density at radius 2 is 1.72 bits per heavy atom. The summed E-state index contributed by atoms with van der Waals surface area (Å²) in [4.78, 5) is 58.7. The molecule has 0 spiro atoms. The number of ether oxygens (including phenoxy) is 2. The number of rotatable bonds is 8. The Kier molecular flexibility index (Phi) is 9.09. The fourth-order valence-corrected chi connectivity index (χ4v) is 13.5. The second kappa shape index (κ2) is 12.7. The number of carbonyl (C=O) groups is 4. The molecule has 53 heavy (non-hydrogen) atoms. The van der Waals surface area contributed by atoms with Crippen molar-refractivity contribution >= 4 is 23.8 Å². The molecule has 5 aliphatic carbocycles. The van der Waals surface area contributed by atoms with E-state index in [4.69, 9.17) is 9.47 Å². The largest absolute Gasteiger partial charge is 0.481 e. The van der Waals surface area contributed by atoms with Crippen LogP contribution in [0.25, 0.3) is 0 Å². The van der Waals surface area contributed by atoms with Gasteiger partial charge in [-0.25, -0.2) is 4.79 Å². The third-order valence-electron chi connectivity index (χ3n) is 16.4. The number of esters is 1. The Bertz CT molecular complexity index is 1720. The molecule has 1 saturated heterocycles. The zero-order valence-corrected chi connectivity index (χ0v) is 33.5. The van der Waals surface area contributed by atoms with Crippen LogP contribution in [0.3, 0.4) is 0 Å². The highest BCUT2D eigenvalue weighted by Crippen LogP contribution is 2.77. The summed E-state index contributed by atoms with van der Waals surface area (Å²) in [5, 5.41) is 9.62. The van der Waals surface area contributed by atoms with Crippen molar-refractivity contribution in [1.29, 1.82) is 0 Å². The zero-order chi connectivity index (χ0) is 38.5. The molecule has 1 aromatic rings. The number of pyridine rings is 1. The quantitative estimate of drug-likeness (QED) is 0.264. The first-order chi connectivity index (χ1) is 24.7. The van der Waals surface area contributed by atoms with Crippen molar-refractivity contribution in [3.05, 3.63) is 41.2 Å². The van der Waals surface area contributed by atoms with Crippen LogP contribution in [0.4, 0.5) is 4.79 Å². The maximum atomic E-state index is 14.2. The number of hydrogen-bond acceptors (Lipinski definition) is 7. The molecular weight excluding hydrogens is 668 g/mol. The van der Waals surface area contributed by atoms with Crippen LogP contribution < -0.4 is 0 Å². The highest BCUT2D eigenvalue weighted by Gasteiger charge is 2.71. The van der Waals surface area contributed by atoms with Gasteiger partial charge < -0.3 is 14.6 Å². The summed E-state index contributed by atoms with van der Waals surface area (Å²) in [5.74, 6) is -0.00537. The molecule has 1 amide bonds. The lowest BCUT2D eigenvalue weighted by Gasteiger charge is -2.72. The molecule has 0 radical (unpaired) electrons. The molecule has 1 aliphatic heterocycles. The van der Waals surface area contributed by atoms with E-state index >= 15 is 0 Å². The number of carboxylic acids is 1.